The van der Waals surface area contributed by atoms with Crippen LogP contribution in [-0.2, 0) is 16.2 Å². The number of aryl methyl sites for hydroxylation is 3. The minimum absolute atomic E-state index is 0.0130. The van der Waals surface area contributed by atoms with Crippen molar-refractivity contribution in [3.8, 4) is 17.1 Å². The Balaban J connectivity index is 1.53. The molecule has 3 heterocycles. The van der Waals surface area contributed by atoms with Crippen molar-refractivity contribution in [2.75, 3.05) is 4.90 Å². The Kier molecular flexibility index (Phi) is 6.99. The van der Waals surface area contributed by atoms with Crippen molar-refractivity contribution in [2.24, 2.45) is 0 Å². The molecule has 0 unspecified atom stereocenters. The molecule has 0 fully saturated rings. The molecule has 0 saturated heterocycles. The number of imidazole rings is 1. The van der Waals surface area contributed by atoms with Gasteiger partial charge in [0.15, 0.2) is 0 Å². The standard InChI is InChI=1S/C46H50BN3/c1-27-22-38-41-39(23-27)50-42-35(25-32(46(10,11)12)26-36(42)48-43(50)40-28(2)14-13-15-29(40)3)47(41)34-24-31(45(7,8)9)18-21-37(34)49(38)33-19-16-30(17-20-33)44(4,5)6/h13-26H,1-12H3. The second kappa shape index (κ2) is 10.7. The topological polar surface area (TPSA) is 21.1 Å². The molecule has 0 atom stereocenters. The van der Waals surface area contributed by atoms with E-state index in [1.54, 1.807) is 0 Å². The van der Waals surface area contributed by atoms with Gasteiger partial charge in [-0.2, -0.15) is 0 Å². The first-order chi connectivity index (χ1) is 23.4. The van der Waals surface area contributed by atoms with Crippen molar-refractivity contribution < 1.29 is 0 Å². The van der Waals surface area contributed by atoms with E-state index in [1.165, 1.54) is 83.6 Å². The monoisotopic (exact) mass is 655 g/mol. The van der Waals surface area contributed by atoms with Gasteiger partial charge in [-0.3, -0.25) is 4.57 Å². The second-order valence-corrected chi connectivity index (χ2v) is 18.0. The molecule has 0 radical (unpaired) electrons. The van der Waals surface area contributed by atoms with Crippen molar-refractivity contribution in [2.45, 2.75) is 99.3 Å². The largest absolute Gasteiger partial charge is 0.311 e. The van der Waals surface area contributed by atoms with Gasteiger partial charge in [0.2, 0.25) is 0 Å². The fraction of sp³-hybridized carbons (Fsp3) is 0.326. The first-order valence-corrected chi connectivity index (χ1v) is 18.3. The van der Waals surface area contributed by atoms with Crippen LogP contribution in [0.1, 0.15) is 95.7 Å². The van der Waals surface area contributed by atoms with Gasteiger partial charge in [0, 0.05) is 28.3 Å². The van der Waals surface area contributed by atoms with Crippen molar-refractivity contribution in [3.63, 3.8) is 0 Å². The maximum atomic E-state index is 5.57. The molecule has 0 spiro atoms. The summed E-state index contributed by atoms with van der Waals surface area (Å²) < 4.78 is 2.51. The Morgan fingerprint density at radius 1 is 0.560 bits per heavy atom. The number of hydrogen-bond donors (Lipinski definition) is 0. The Morgan fingerprint density at radius 3 is 1.76 bits per heavy atom. The molecule has 0 saturated carbocycles. The summed E-state index contributed by atoms with van der Waals surface area (Å²) in [4.78, 5) is 8.10. The van der Waals surface area contributed by atoms with Crippen molar-refractivity contribution in [1.82, 2.24) is 9.55 Å². The highest BCUT2D eigenvalue weighted by atomic mass is 15.2. The maximum absolute atomic E-state index is 5.57. The summed E-state index contributed by atoms with van der Waals surface area (Å²) >= 11 is 0. The van der Waals surface area contributed by atoms with Crippen LogP contribution in [0.4, 0.5) is 17.1 Å². The van der Waals surface area contributed by atoms with E-state index in [9.17, 15) is 0 Å². The summed E-state index contributed by atoms with van der Waals surface area (Å²) in [5.41, 5.74) is 20.4. The summed E-state index contributed by atoms with van der Waals surface area (Å²) in [6, 6.07) is 32.8. The SMILES string of the molecule is Cc1cc2c3c(c1)-n1c(-c4c(C)cccc4C)nc4cc(C(C)(C)C)cc(c41)B3c1cc(C(C)(C)C)ccc1N2c1ccc(C(C)(C)C)cc1. The predicted octanol–water partition coefficient (Wildman–Crippen LogP) is 10.1. The normalized spacial score (nSPS) is 13.9. The molecule has 4 heteroatoms. The Hall–Kier alpha value is -4.57. The first-order valence-electron chi connectivity index (χ1n) is 18.3. The van der Waals surface area contributed by atoms with Crippen LogP contribution in [0.3, 0.4) is 0 Å². The lowest BCUT2D eigenvalue weighted by Crippen LogP contribution is -2.61. The van der Waals surface area contributed by atoms with Gasteiger partial charge in [0.25, 0.3) is 6.71 Å². The summed E-state index contributed by atoms with van der Waals surface area (Å²) in [5.74, 6) is 1.03. The number of fused-ring (bicyclic) bond motifs is 4. The van der Waals surface area contributed by atoms with Crippen LogP contribution in [0.2, 0.25) is 0 Å². The van der Waals surface area contributed by atoms with Gasteiger partial charge in [-0.05, 0) is 123 Å². The summed E-state index contributed by atoms with van der Waals surface area (Å²) in [6.07, 6.45) is 0. The van der Waals surface area contributed by atoms with Gasteiger partial charge < -0.3 is 4.90 Å². The molecule has 2 aliphatic rings. The van der Waals surface area contributed by atoms with E-state index in [0.29, 0.717) is 0 Å². The molecule has 1 aromatic heterocycles. The fourth-order valence-corrected chi connectivity index (χ4v) is 8.34. The zero-order valence-electron chi connectivity index (χ0n) is 32.0. The third-order valence-corrected chi connectivity index (χ3v) is 11.2. The first kappa shape index (κ1) is 32.6. The number of benzene rings is 5. The van der Waals surface area contributed by atoms with Crippen molar-refractivity contribution >= 4 is 51.2 Å². The van der Waals surface area contributed by atoms with Crippen LogP contribution in [0.5, 0.6) is 0 Å². The molecule has 0 aliphatic carbocycles. The minimum Gasteiger partial charge on any atom is -0.311 e. The zero-order valence-corrected chi connectivity index (χ0v) is 32.0. The third kappa shape index (κ3) is 4.89. The van der Waals surface area contributed by atoms with Gasteiger partial charge in [-0.25, -0.2) is 4.98 Å². The Labute approximate surface area is 299 Å². The lowest BCUT2D eigenvalue weighted by atomic mass is 9.33. The summed E-state index contributed by atoms with van der Waals surface area (Å²) in [5, 5.41) is 0. The molecule has 3 nitrogen and oxygen atoms in total. The Bertz CT molecular complexity index is 2330. The van der Waals surface area contributed by atoms with E-state index >= 15 is 0 Å². The summed E-state index contributed by atoms with van der Waals surface area (Å²) in [7, 11) is 0. The molecule has 0 N–H and O–H groups in total. The van der Waals surface area contributed by atoms with Gasteiger partial charge >= 0.3 is 0 Å². The molecular formula is C46H50BN3. The van der Waals surface area contributed by atoms with E-state index in [2.05, 4.69) is 177 Å². The van der Waals surface area contributed by atoms with Crippen LogP contribution in [-0.4, -0.2) is 16.3 Å². The van der Waals surface area contributed by atoms with Gasteiger partial charge in [-0.15, -0.1) is 0 Å². The van der Waals surface area contributed by atoms with Crippen molar-refractivity contribution in [1.29, 1.82) is 0 Å². The van der Waals surface area contributed by atoms with E-state index in [4.69, 9.17) is 4.98 Å². The number of nitrogens with zero attached hydrogens (tertiary/aromatic N) is 3. The predicted molar refractivity (Wildman–Crippen MR) is 216 cm³/mol. The lowest BCUT2D eigenvalue weighted by molar-refractivity contribution is 0.590. The molecule has 0 amide bonds. The fourth-order valence-electron chi connectivity index (χ4n) is 8.34. The number of anilines is 3. The van der Waals surface area contributed by atoms with Gasteiger partial charge in [-0.1, -0.05) is 111 Å². The Morgan fingerprint density at radius 2 is 1.14 bits per heavy atom. The highest BCUT2D eigenvalue weighted by molar-refractivity contribution is 7.00. The quantitative estimate of drug-likeness (QED) is 0.173. The highest BCUT2D eigenvalue weighted by Crippen LogP contribution is 2.43. The molecule has 8 rings (SSSR count). The van der Waals surface area contributed by atoms with Crippen LogP contribution >= 0.6 is 0 Å². The zero-order chi connectivity index (χ0) is 35.7. The maximum Gasteiger partial charge on any atom is 0.252 e. The van der Waals surface area contributed by atoms with Gasteiger partial charge in [0.05, 0.1) is 11.0 Å². The summed E-state index contributed by atoms with van der Waals surface area (Å²) in [6.45, 7) is 27.6. The van der Waals surface area contributed by atoms with E-state index in [-0.39, 0.29) is 23.0 Å². The molecule has 6 aromatic rings. The molecule has 0 bridgehead atoms. The molecule has 50 heavy (non-hydrogen) atoms. The lowest BCUT2D eigenvalue weighted by Gasteiger charge is -2.41. The van der Waals surface area contributed by atoms with E-state index in [0.717, 1.165) is 11.3 Å². The molecule has 252 valence electrons. The van der Waals surface area contributed by atoms with Gasteiger partial charge in [0.1, 0.15) is 5.82 Å². The average Bonchev–Trinajstić information content (AvgIpc) is 3.40. The van der Waals surface area contributed by atoms with E-state index in [1.807, 2.05) is 0 Å². The molecule has 5 aromatic carbocycles. The minimum atomic E-state index is -0.0326. The number of hydrogen-bond acceptors (Lipinski definition) is 2. The second-order valence-electron chi connectivity index (χ2n) is 18.0. The molecular weight excluding hydrogens is 605 g/mol. The average molecular weight is 656 g/mol. The third-order valence-electron chi connectivity index (χ3n) is 11.2. The van der Waals surface area contributed by atoms with Crippen LogP contribution in [0.15, 0.2) is 84.9 Å². The number of rotatable bonds is 2. The van der Waals surface area contributed by atoms with Crippen molar-refractivity contribution in [3.05, 3.63) is 118 Å². The van der Waals surface area contributed by atoms with Crippen LogP contribution < -0.4 is 21.3 Å². The number of aromatic nitrogens is 2. The van der Waals surface area contributed by atoms with Crippen LogP contribution in [0, 0.1) is 20.8 Å². The smallest absolute Gasteiger partial charge is 0.252 e. The van der Waals surface area contributed by atoms with Crippen LogP contribution in [0.25, 0.3) is 28.1 Å². The highest BCUT2D eigenvalue weighted by Gasteiger charge is 2.43. The molecule has 2 aliphatic heterocycles. The van der Waals surface area contributed by atoms with E-state index < -0.39 is 0 Å².